The highest BCUT2D eigenvalue weighted by molar-refractivity contribution is 8.00. The molecule has 3 heteroatoms. The van der Waals surface area contributed by atoms with E-state index in [-0.39, 0.29) is 0 Å². The van der Waals surface area contributed by atoms with Gasteiger partial charge in [-0.2, -0.15) is 11.8 Å². The van der Waals surface area contributed by atoms with Crippen LogP contribution in [0.25, 0.3) is 0 Å². The third-order valence-corrected chi connectivity index (χ3v) is 5.80. The second-order valence-corrected chi connectivity index (χ2v) is 7.50. The molecule has 2 unspecified atom stereocenters. The molecule has 20 heavy (non-hydrogen) atoms. The first-order valence-corrected chi connectivity index (χ1v) is 9.01. The quantitative estimate of drug-likeness (QED) is 0.868. The van der Waals surface area contributed by atoms with Crippen LogP contribution in [0.4, 0.5) is 5.69 Å². The smallest absolute Gasteiger partial charge is 0.119 e. The van der Waals surface area contributed by atoms with Crippen molar-refractivity contribution in [3.8, 4) is 5.75 Å². The number of benzene rings is 1. The number of rotatable bonds is 4. The summed E-state index contributed by atoms with van der Waals surface area (Å²) in [6.07, 6.45) is 8.14. The van der Waals surface area contributed by atoms with E-state index in [1.165, 1.54) is 50.0 Å². The van der Waals surface area contributed by atoms with Gasteiger partial charge in [-0.3, -0.25) is 0 Å². The topological polar surface area (TPSA) is 21.3 Å². The lowest BCUT2D eigenvalue weighted by atomic mass is 10.1. The first-order chi connectivity index (χ1) is 9.81. The highest BCUT2D eigenvalue weighted by Crippen LogP contribution is 2.29. The third kappa shape index (κ3) is 3.63. The van der Waals surface area contributed by atoms with Crippen molar-refractivity contribution in [1.29, 1.82) is 0 Å². The van der Waals surface area contributed by atoms with Crippen LogP contribution in [0.5, 0.6) is 5.75 Å². The zero-order chi connectivity index (χ0) is 13.8. The van der Waals surface area contributed by atoms with Gasteiger partial charge in [0, 0.05) is 17.0 Å². The van der Waals surface area contributed by atoms with Gasteiger partial charge in [0.1, 0.15) is 5.75 Å². The summed E-state index contributed by atoms with van der Waals surface area (Å²) in [4.78, 5) is 0. The average molecular weight is 291 g/mol. The van der Waals surface area contributed by atoms with E-state index >= 15 is 0 Å². The Hall–Kier alpha value is -0.830. The van der Waals surface area contributed by atoms with Crippen LogP contribution in [-0.2, 0) is 0 Å². The molecule has 0 spiro atoms. The van der Waals surface area contributed by atoms with Crippen LogP contribution in [0.2, 0.25) is 0 Å². The Morgan fingerprint density at radius 3 is 2.50 bits per heavy atom. The maximum atomic E-state index is 6.01. The largest absolute Gasteiger partial charge is 0.490 e. The number of nitrogens with one attached hydrogen (secondary N) is 1. The maximum absolute atomic E-state index is 6.01. The molecule has 1 aliphatic carbocycles. The molecule has 0 amide bonds. The van der Waals surface area contributed by atoms with Gasteiger partial charge >= 0.3 is 0 Å². The first kappa shape index (κ1) is 14.1. The lowest BCUT2D eigenvalue weighted by molar-refractivity contribution is 0.210. The zero-order valence-corrected chi connectivity index (χ0v) is 13.1. The van der Waals surface area contributed by atoms with Crippen molar-refractivity contribution in [1.82, 2.24) is 0 Å². The number of hydrogen-bond donors (Lipinski definition) is 1. The maximum Gasteiger partial charge on any atom is 0.119 e. The normalized spacial score (nSPS) is 27.4. The molecule has 2 fully saturated rings. The van der Waals surface area contributed by atoms with Gasteiger partial charge in [0.25, 0.3) is 0 Å². The second kappa shape index (κ2) is 6.75. The molecule has 2 nitrogen and oxygen atoms in total. The van der Waals surface area contributed by atoms with Gasteiger partial charge in [-0.15, -0.1) is 0 Å². The lowest BCUT2D eigenvalue weighted by Crippen LogP contribution is -2.32. The van der Waals surface area contributed by atoms with E-state index < -0.39 is 0 Å². The Bertz CT molecular complexity index is 414. The Morgan fingerprint density at radius 2 is 1.80 bits per heavy atom. The fourth-order valence-corrected chi connectivity index (χ4v) is 4.30. The van der Waals surface area contributed by atoms with E-state index in [1.54, 1.807) is 0 Å². The predicted molar refractivity (Wildman–Crippen MR) is 87.9 cm³/mol. The SMILES string of the molecule is CC1SCCCC1Nc1ccc(OC2CCCC2)cc1. The van der Waals surface area contributed by atoms with Gasteiger partial charge in [0.15, 0.2) is 0 Å². The summed E-state index contributed by atoms with van der Waals surface area (Å²) in [5, 5.41) is 4.38. The zero-order valence-electron chi connectivity index (χ0n) is 12.3. The van der Waals surface area contributed by atoms with Crippen LogP contribution in [0, 0.1) is 0 Å². The molecule has 1 saturated carbocycles. The second-order valence-electron chi connectivity index (χ2n) is 6.02. The highest BCUT2D eigenvalue weighted by Gasteiger charge is 2.21. The van der Waals surface area contributed by atoms with E-state index in [2.05, 4.69) is 48.3 Å². The Balaban J connectivity index is 1.55. The van der Waals surface area contributed by atoms with E-state index in [1.807, 2.05) is 0 Å². The summed E-state index contributed by atoms with van der Waals surface area (Å²) < 4.78 is 6.01. The molecule has 0 aromatic heterocycles. The minimum Gasteiger partial charge on any atom is -0.490 e. The van der Waals surface area contributed by atoms with E-state index in [9.17, 15) is 0 Å². The fraction of sp³-hybridized carbons (Fsp3) is 0.647. The van der Waals surface area contributed by atoms with Crippen LogP contribution < -0.4 is 10.1 Å². The summed E-state index contributed by atoms with van der Waals surface area (Å²) in [5.74, 6) is 2.33. The van der Waals surface area contributed by atoms with Gasteiger partial charge < -0.3 is 10.1 Å². The van der Waals surface area contributed by atoms with Crippen LogP contribution in [0.15, 0.2) is 24.3 Å². The highest BCUT2D eigenvalue weighted by atomic mass is 32.2. The first-order valence-electron chi connectivity index (χ1n) is 7.96. The summed E-state index contributed by atoms with van der Waals surface area (Å²) in [5.41, 5.74) is 1.23. The molecule has 3 rings (SSSR count). The minimum absolute atomic E-state index is 0.448. The third-order valence-electron chi connectivity index (χ3n) is 4.42. The van der Waals surface area contributed by atoms with Crippen LogP contribution >= 0.6 is 11.8 Å². The Morgan fingerprint density at radius 1 is 1.05 bits per heavy atom. The molecule has 0 radical (unpaired) electrons. The van der Waals surface area contributed by atoms with E-state index in [0.717, 1.165) is 5.75 Å². The molecule has 1 heterocycles. The molecular formula is C17H25NOS. The standard InChI is InChI=1S/C17H25NOS/c1-13-17(7-4-12-20-13)18-14-8-10-16(11-9-14)19-15-5-2-3-6-15/h8-11,13,15,17-18H,2-7,12H2,1H3. The number of hydrogen-bond acceptors (Lipinski definition) is 3. The van der Waals surface area contributed by atoms with Gasteiger partial charge in [-0.25, -0.2) is 0 Å². The molecule has 110 valence electrons. The Labute approximate surface area is 126 Å². The summed E-state index contributed by atoms with van der Waals surface area (Å²) >= 11 is 2.08. The van der Waals surface area contributed by atoms with E-state index in [4.69, 9.17) is 4.74 Å². The molecule has 1 aliphatic heterocycles. The van der Waals surface area contributed by atoms with Crippen LogP contribution in [-0.4, -0.2) is 23.1 Å². The monoisotopic (exact) mass is 291 g/mol. The van der Waals surface area contributed by atoms with Crippen molar-refractivity contribution in [3.63, 3.8) is 0 Å². The van der Waals surface area contributed by atoms with Gasteiger partial charge in [-0.1, -0.05) is 6.92 Å². The van der Waals surface area contributed by atoms with E-state index in [0.29, 0.717) is 17.4 Å². The molecule has 1 aromatic rings. The average Bonchev–Trinajstić information content (AvgIpc) is 2.96. The number of thioether (sulfide) groups is 1. The van der Waals surface area contributed by atoms with Gasteiger partial charge in [-0.05, 0) is 68.5 Å². The number of ether oxygens (including phenoxy) is 1. The molecule has 2 aliphatic rings. The molecule has 0 bridgehead atoms. The minimum atomic E-state index is 0.448. The molecule has 1 saturated heterocycles. The van der Waals surface area contributed by atoms with Crippen molar-refractivity contribution in [2.75, 3.05) is 11.1 Å². The van der Waals surface area contributed by atoms with Crippen molar-refractivity contribution in [3.05, 3.63) is 24.3 Å². The predicted octanol–water partition coefficient (Wildman–Crippen LogP) is 4.70. The summed E-state index contributed by atoms with van der Waals surface area (Å²) in [7, 11) is 0. The fourth-order valence-electron chi connectivity index (χ4n) is 3.16. The molecular weight excluding hydrogens is 266 g/mol. The van der Waals surface area contributed by atoms with Crippen molar-refractivity contribution in [2.45, 2.75) is 62.8 Å². The summed E-state index contributed by atoms with van der Waals surface area (Å²) in [6, 6.07) is 9.16. The lowest BCUT2D eigenvalue weighted by Gasteiger charge is -2.30. The van der Waals surface area contributed by atoms with Crippen molar-refractivity contribution >= 4 is 17.4 Å². The van der Waals surface area contributed by atoms with Crippen LogP contribution in [0.3, 0.4) is 0 Å². The van der Waals surface area contributed by atoms with Crippen molar-refractivity contribution < 1.29 is 4.74 Å². The summed E-state index contributed by atoms with van der Waals surface area (Å²) in [6.45, 7) is 2.33. The molecule has 1 aromatic carbocycles. The van der Waals surface area contributed by atoms with Gasteiger partial charge in [0.2, 0.25) is 0 Å². The van der Waals surface area contributed by atoms with Crippen molar-refractivity contribution in [2.24, 2.45) is 0 Å². The van der Waals surface area contributed by atoms with Gasteiger partial charge in [0.05, 0.1) is 6.10 Å². The number of anilines is 1. The van der Waals surface area contributed by atoms with Crippen LogP contribution in [0.1, 0.15) is 45.4 Å². The Kier molecular flexibility index (Phi) is 4.77. The molecule has 1 N–H and O–H groups in total. The molecule has 2 atom stereocenters.